The van der Waals surface area contributed by atoms with Gasteiger partial charge in [-0.3, -0.25) is 10.1 Å². The number of nitrogens with one attached hydrogen (secondary N) is 1. The first kappa shape index (κ1) is 16.4. The van der Waals surface area contributed by atoms with Gasteiger partial charge in [-0.25, -0.2) is 8.42 Å². The molecule has 1 saturated heterocycles. The normalized spacial score (nSPS) is 24.8. The number of nitrogens with zero attached hydrogens (tertiary/aromatic N) is 1. The van der Waals surface area contributed by atoms with Crippen LogP contribution in [-0.2, 0) is 14.6 Å². The highest BCUT2D eigenvalue weighted by molar-refractivity contribution is 7.91. The summed E-state index contributed by atoms with van der Waals surface area (Å²) in [5.41, 5.74) is 0. The molecular formula is C13H26N2O3S. The molecule has 2 unspecified atom stereocenters. The molecule has 1 heterocycles. The molecular weight excluding hydrogens is 264 g/mol. The number of sulfone groups is 1. The van der Waals surface area contributed by atoms with Crippen molar-refractivity contribution in [3.8, 4) is 0 Å². The summed E-state index contributed by atoms with van der Waals surface area (Å²) in [5, 5.41) is 3.33. The van der Waals surface area contributed by atoms with Crippen LogP contribution in [0.1, 0.15) is 34.6 Å². The summed E-state index contributed by atoms with van der Waals surface area (Å²) in [4.78, 5) is 14.0. The summed E-state index contributed by atoms with van der Waals surface area (Å²) in [5.74, 6) is 0.673. The van der Waals surface area contributed by atoms with E-state index in [1.54, 1.807) is 11.8 Å². The van der Waals surface area contributed by atoms with Gasteiger partial charge in [0.2, 0.25) is 5.91 Å². The first-order valence-electron chi connectivity index (χ1n) is 6.96. The van der Waals surface area contributed by atoms with Gasteiger partial charge in [0.05, 0.1) is 18.0 Å². The highest BCUT2D eigenvalue weighted by Crippen LogP contribution is 2.21. The van der Waals surface area contributed by atoms with Crippen LogP contribution >= 0.6 is 0 Å². The lowest BCUT2D eigenvalue weighted by atomic mass is 10.1. The third-order valence-electron chi connectivity index (χ3n) is 3.62. The fourth-order valence-electron chi connectivity index (χ4n) is 2.32. The van der Waals surface area contributed by atoms with Gasteiger partial charge in [-0.05, 0) is 11.8 Å². The predicted octanol–water partition coefficient (Wildman–Crippen LogP) is 0.860. The van der Waals surface area contributed by atoms with Crippen LogP contribution in [0.5, 0.6) is 0 Å². The predicted molar refractivity (Wildman–Crippen MR) is 76.4 cm³/mol. The molecule has 0 aromatic rings. The Hall–Kier alpha value is -0.620. The number of carbonyl (C=O) groups is 1. The minimum Gasteiger partial charge on any atom is -0.325 e. The van der Waals surface area contributed by atoms with Crippen LogP contribution in [-0.4, -0.2) is 49.5 Å². The van der Waals surface area contributed by atoms with Crippen molar-refractivity contribution in [2.24, 2.45) is 11.8 Å². The van der Waals surface area contributed by atoms with E-state index in [0.717, 1.165) is 0 Å². The average Bonchev–Trinajstić information content (AvgIpc) is 2.64. The Morgan fingerprint density at radius 3 is 2.21 bits per heavy atom. The molecule has 0 aromatic carbocycles. The second-order valence-corrected chi connectivity index (χ2v) is 8.32. The zero-order chi connectivity index (χ0) is 14.8. The first-order chi connectivity index (χ1) is 8.69. The number of hydrogen-bond acceptors (Lipinski definition) is 4. The summed E-state index contributed by atoms with van der Waals surface area (Å²) >= 11 is 0. The fourth-order valence-corrected chi connectivity index (χ4v) is 3.09. The van der Waals surface area contributed by atoms with Gasteiger partial charge < -0.3 is 4.90 Å². The van der Waals surface area contributed by atoms with E-state index >= 15 is 0 Å². The molecule has 0 radical (unpaired) electrons. The molecule has 1 aliphatic heterocycles. The van der Waals surface area contributed by atoms with Gasteiger partial charge in [-0.15, -0.1) is 0 Å². The molecule has 0 aromatic heterocycles. The monoisotopic (exact) mass is 290 g/mol. The lowest BCUT2D eigenvalue weighted by molar-refractivity contribution is -0.130. The van der Waals surface area contributed by atoms with Crippen molar-refractivity contribution < 1.29 is 13.2 Å². The highest BCUT2D eigenvalue weighted by atomic mass is 32.2. The molecule has 1 N–H and O–H groups in total. The average molecular weight is 290 g/mol. The SMILES string of the molecule is CCS(=O)(=O)CCN1C(=O)C(C(C)C)NC1C(C)C. The van der Waals surface area contributed by atoms with Crippen LogP contribution in [0.3, 0.4) is 0 Å². The molecule has 2 atom stereocenters. The van der Waals surface area contributed by atoms with Gasteiger partial charge >= 0.3 is 0 Å². The highest BCUT2D eigenvalue weighted by Gasteiger charge is 2.41. The van der Waals surface area contributed by atoms with E-state index in [2.05, 4.69) is 5.32 Å². The largest absolute Gasteiger partial charge is 0.325 e. The Balaban J connectivity index is 2.80. The molecule has 1 amide bonds. The van der Waals surface area contributed by atoms with Crippen LogP contribution < -0.4 is 5.32 Å². The minimum absolute atomic E-state index is 0.0278. The third kappa shape index (κ3) is 3.92. The van der Waals surface area contributed by atoms with Crippen molar-refractivity contribution in [2.45, 2.75) is 46.8 Å². The molecule has 1 fully saturated rings. The molecule has 0 saturated carbocycles. The standard InChI is InChI=1S/C13H26N2O3S/c1-6-19(17,18)8-7-15-12(10(4)5)14-11(9(2)3)13(15)16/h9-12,14H,6-8H2,1-5H3. The molecule has 0 aliphatic carbocycles. The maximum atomic E-state index is 12.3. The Bertz CT molecular complexity index is 418. The number of rotatable bonds is 6. The van der Waals surface area contributed by atoms with Crippen LogP contribution in [0.15, 0.2) is 0 Å². The maximum Gasteiger partial charge on any atom is 0.241 e. The molecule has 0 bridgehead atoms. The van der Waals surface area contributed by atoms with E-state index in [-0.39, 0.29) is 48.0 Å². The van der Waals surface area contributed by atoms with Crippen molar-refractivity contribution in [1.82, 2.24) is 10.2 Å². The summed E-state index contributed by atoms with van der Waals surface area (Å²) in [6.45, 7) is 9.99. The summed E-state index contributed by atoms with van der Waals surface area (Å²) in [7, 11) is -3.04. The van der Waals surface area contributed by atoms with E-state index in [9.17, 15) is 13.2 Å². The smallest absolute Gasteiger partial charge is 0.241 e. The van der Waals surface area contributed by atoms with Crippen molar-refractivity contribution in [3.63, 3.8) is 0 Å². The molecule has 5 nitrogen and oxygen atoms in total. The van der Waals surface area contributed by atoms with Gasteiger partial charge in [0.15, 0.2) is 9.84 Å². The second kappa shape index (κ2) is 6.22. The van der Waals surface area contributed by atoms with Crippen LogP contribution in [0.25, 0.3) is 0 Å². The first-order valence-corrected chi connectivity index (χ1v) is 8.78. The van der Waals surface area contributed by atoms with Crippen LogP contribution in [0, 0.1) is 11.8 Å². The summed E-state index contributed by atoms with van der Waals surface area (Å²) < 4.78 is 23.2. The summed E-state index contributed by atoms with van der Waals surface area (Å²) in [6.07, 6.45) is -0.0630. The third-order valence-corrected chi connectivity index (χ3v) is 5.30. The van der Waals surface area contributed by atoms with Crippen molar-refractivity contribution in [3.05, 3.63) is 0 Å². The number of carbonyl (C=O) groups excluding carboxylic acids is 1. The lowest BCUT2D eigenvalue weighted by Gasteiger charge is -2.27. The zero-order valence-electron chi connectivity index (χ0n) is 12.5. The molecule has 112 valence electrons. The van der Waals surface area contributed by atoms with E-state index < -0.39 is 9.84 Å². The van der Waals surface area contributed by atoms with Gasteiger partial charge in [-0.1, -0.05) is 34.6 Å². The zero-order valence-corrected chi connectivity index (χ0v) is 13.3. The van der Waals surface area contributed by atoms with Crippen LogP contribution in [0.2, 0.25) is 0 Å². The Labute approximate surface area is 116 Å². The molecule has 1 rings (SSSR count). The molecule has 19 heavy (non-hydrogen) atoms. The summed E-state index contributed by atoms with van der Waals surface area (Å²) in [6, 6.07) is -0.197. The number of hydrogen-bond donors (Lipinski definition) is 1. The number of amides is 1. The topological polar surface area (TPSA) is 66.5 Å². The molecule has 1 aliphatic rings. The minimum atomic E-state index is -3.04. The van der Waals surface area contributed by atoms with E-state index in [1.807, 2.05) is 27.7 Å². The Morgan fingerprint density at radius 1 is 1.21 bits per heavy atom. The van der Waals surface area contributed by atoms with E-state index in [0.29, 0.717) is 0 Å². The van der Waals surface area contributed by atoms with Gasteiger partial charge in [-0.2, -0.15) is 0 Å². The quantitative estimate of drug-likeness (QED) is 0.788. The van der Waals surface area contributed by atoms with E-state index in [4.69, 9.17) is 0 Å². The van der Waals surface area contributed by atoms with Crippen molar-refractivity contribution >= 4 is 15.7 Å². The van der Waals surface area contributed by atoms with Gasteiger partial charge in [0.25, 0.3) is 0 Å². The second-order valence-electron chi connectivity index (χ2n) is 5.85. The Morgan fingerprint density at radius 2 is 1.79 bits per heavy atom. The Kier molecular flexibility index (Phi) is 5.38. The maximum absolute atomic E-state index is 12.3. The fraction of sp³-hybridized carbons (Fsp3) is 0.923. The lowest BCUT2D eigenvalue weighted by Crippen LogP contribution is -2.43. The molecule has 6 heteroatoms. The van der Waals surface area contributed by atoms with E-state index in [1.165, 1.54) is 0 Å². The van der Waals surface area contributed by atoms with Gasteiger partial charge in [0, 0.05) is 12.3 Å². The van der Waals surface area contributed by atoms with Crippen molar-refractivity contribution in [1.29, 1.82) is 0 Å². The van der Waals surface area contributed by atoms with Crippen molar-refractivity contribution in [2.75, 3.05) is 18.1 Å². The van der Waals surface area contributed by atoms with Gasteiger partial charge in [0.1, 0.15) is 0 Å². The van der Waals surface area contributed by atoms with Crippen LogP contribution in [0.4, 0.5) is 0 Å². The molecule has 0 spiro atoms.